The quantitative estimate of drug-likeness (QED) is 0.728. The van der Waals surface area contributed by atoms with E-state index in [9.17, 15) is 9.59 Å². The lowest BCUT2D eigenvalue weighted by atomic mass is 10.2. The van der Waals surface area contributed by atoms with Crippen molar-refractivity contribution in [3.63, 3.8) is 0 Å². The Balaban J connectivity index is 2.65. The van der Waals surface area contributed by atoms with Gasteiger partial charge in [-0.05, 0) is 37.1 Å². The summed E-state index contributed by atoms with van der Waals surface area (Å²) in [5.41, 5.74) is 1.57. The van der Waals surface area contributed by atoms with Gasteiger partial charge in [0.15, 0.2) is 0 Å². The Labute approximate surface area is 119 Å². The van der Waals surface area contributed by atoms with Crippen molar-refractivity contribution in [2.24, 2.45) is 0 Å². The van der Waals surface area contributed by atoms with Crippen LogP contribution in [0.5, 0.6) is 0 Å². The van der Waals surface area contributed by atoms with E-state index in [1.54, 1.807) is 12.1 Å². The zero-order valence-corrected chi connectivity index (χ0v) is 12.0. The number of anilines is 1. The van der Waals surface area contributed by atoms with Gasteiger partial charge >= 0.3 is 12.0 Å². The monoisotopic (exact) mass is 326 g/mol. The van der Waals surface area contributed by atoms with E-state index >= 15 is 0 Å². The highest BCUT2D eigenvalue weighted by atomic mass is 79.9. The Kier molecular flexibility index (Phi) is 5.57. The molecule has 0 spiro atoms. The molecule has 0 aliphatic heterocycles. The zero-order valence-electron chi connectivity index (χ0n) is 10.4. The number of carboxylic acid groups (broad SMARTS) is 1. The second-order valence-corrected chi connectivity index (χ2v) is 4.83. The van der Waals surface area contributed by atoms with Gasteiger partial charge in [-0.25, -0.2) is 9.59 Å². The Morgan fingerprint density at radius 1 is 1.53 bits per heavy atom. The molecule has 1 aromatic carbocycles. The highest BCUT2D eigenvalue weighted by Gasteiger charge is 2.18. The Hall–Kier alpha value is -1.82. The number of halogens is 1. The van der Waals surface area contributed by atoms with Crippen LogP contribution in [0.25, 0.3) is 0 Å². The van der Waals surface area contributed by atoms with Gasteiger partial charge in [-0.1, -0.05) is 22.0 Å². The van der Waals surface area contributed by atoms with Crippen molar-refractivity contribution < 1.29 is 14.7 Å². The fourth-order valence-electron chi connectivity index (χ4n) is 1.44. The van der Waals surface area contributed by atoms with Gasteiger partial charge < -0.3 is 15.7 Å². The van der Waals surface area contributed by atoms with Crippen LogP contribution in [0, 0.1) is 6.92 Å². The van der Waals surface area contributed by atoms with Crippen molar-refractivity contribution in [1.82, 2.24) is 5.32 Å². The van der Waals surface area contributed by atoms with Gasteiger partial charge in [-0.2, -0.15) is 0 Å². The van der Waals surface area contributed by atoms with Crippen molar-refractivity contribution in [1.29, 1.82) is 0 Å². The van der Waals surface area contributed by atoms with Gasteiger partial charge in [0.2, 0.25) is 0 Å². The average molecular weight is 327 g/mol. The van der Waals surface area contributed by atoms with Crippen molar-refractivity contribution in [3.8, 4) is 0 Å². The lowest BCUT2D eigenvalue weighted by Crippen LogP contribution is -2.42. The van der Waals surface area contributed by atoms with Gasteiger partial charge in [0, 0.05) is 10.2 Å². The van der Waals surface area contributed by atoms with Crippen LogP contribution in [0.4, 0.5) is 10.5 Å². The van der Waals surface area contributed by atoms with Gasteiger partial charge in [0.05, 0.1) is 0 Å². The van der Waals surface area contributed by atoms with Gasteiger partial charge in [0.1, 0.15) is 6.04 Å². The molecule has 0 bridgehead atoms. The first-order valence-corrected chi connectivity index (χ1v) is 6.40. The van der Waals surface area contributed by atoms with Crippen molar-refractivity contribution in [2.75, 3.05) is 5.32 Å². The summed E-state index contributed by atoms with van der Waals surface area (Å²) in [4.78, 5) is 22.5. The van der Waals surface area contributed by atoms with Crippen LogP contribution in [-0.4, -0.2) is 23.1 Å². The summed E-state index contributed by atoms with van der Waals surface area (Å²) in [6.45, 7) is 5.35. The van der Waals surface area contributed by atoms with Crippen molar-refractivity contribution in [3.05, 3.63) is 40.9 Å². The normalized spacial score (nSPS) is 11.5. The molecule has 2 amide bonds. The van der Waals surface area contributed by atoms with Gasteiger partial charge in [0.25, 0.3) is 0 Å². The first kappa shape index (κ1) is 15.2. The Bertz CT molecular complexity index is 503. The Morgan fingerprint density at radius 3 is 2.74 bits per heavy atom. The summed E-state index contributed by atoms with van der Waals surface area (Å²) in [5, 5.41) is 13.9. The molecular weight excluding hydrogens is 312 g/mol. The third-order valence-electron chi connectivity index (χ3n) is 2.42. The maximum atomic E-state index is 11.7. The highest BCUT2D eigenvalue weighted by Crippen LogP contribution is 2.19. The summed E-state index contributed by atoms with van der Waals surface area (Å²) in [5.74, 6) is -1.10. The molecule has 0 aromatic heterocycles. The molecule has 0 saturated carbocycles. The fraction of sp³-hybridized carbons (Fsp3) is 0.231. The summed E-state index contributed by atoms with van der Waals surface area (Å²) in [7, 11) is 0. The maximum Gasteiger partial charge on any atom is 0.326 e. The summed E-state index contributed by atoms with van der Waals surface area (Å²) in [6, 6.07) is 3.78. The third-order valence-corrected chi connectivity index (χ3v) is 3.31. The molecule has 19 heavy (non-hydrogen) atoms. The number of carboxylic acids is 1. The average Bonchev–Trinajstić information content (AvgIpc) is 2.33. The van der Waals surface area contributed by atoms with Crippen LogP contribution in [0.15, 0.2) is 35.3 Å². The van der Waals surface area contributed by atoms with Crippen LogP contribution >= 0.6 is 15.9 Å². The molecule has 1 atom stereocenters. The van der Waals surface area contributed by atoms with Crippen LogP contribution in [-0.2, 0) is 4.79 Å². The first-order valence-electron chi connectivity index (χ1n) is 5.61. The molecule has 0 radical (unpaired) electrons. The van der Waals surface area contributed by atoms with E-state index in [2.05, 4.69) is 33.1 Å². The first-order chi connectivity index (χ1) is 8.93. The molecule has 0 fully saturated rings. The van der Waals surface area contributed by atoms with Crippen LogP contribution in [0.3, 0.4) is 0 Å². The smallest absolute Gasteiger partial charge is 0.326 e. The molecule has 102 valence electrons. The minimum atomic E-state index is -1.10. The van der Waals surface area contributed by atoms with Gasteiger partial charge in [-0.15, -0.1) is 6.58 Å². The number of benzene rings is 1. The standard InChI is InChI=1S/C13H15BrN2O3/c1-3-4-11(12(17)18)16-13(19)15-9-5-6-10(14)8(2)7-9/h3,5-7,11H,1,4H2,2H3,(H,17,18)(H2,15,16,19). The van der Waals surface area contributed by atoms with Crippen LogP contribution < -0.4 is 10.6 Å². The Morgan fingerprint density at radius 2 is 2.21 bits per heavy atom. The van der Waals surface area contributed by atoms with E-state index < -0.39 is 18.0 Å². The predicted octanol–water partition coefficient (Wildman–Crippen LogP) is 2.91. The largest absolute Gasteiger partial charge is 0.480 e. The fourth-order valence-corrected chi connectivity index (χ4v) is 1.68. The highest BCUT2D eigenvalue weighted by molar-refractivity contribution is 9.10. The van der Waals surface area contributed by atoms with Crippen LogP contribution in [0.1, 0.15) is 12.0 Å². The molecular formula is C13H15BrN2O3. The SMILES string of the molecule is C=CCC(NC(=O)Nc1ccc(Br)c(C)c1)C(=O)O. The molecule has 1 aromatic rings. The van der Waals surface area contributed by atoms with E-state index in [0.717, 1.165) is 10.0 Å². The minimum Gasteiger partial charge on any atom is -0.480 e. The second kappa shape index (κ2) is 6.94. The summed E-state index contributed by atoms with van der Waals surface area (Å²) in [6.07, 6.45) is 1.62. The molecule has 0 aliphatic rings. The van der Waals surface area contributed by atoms with E-state index in [0.29, 0.717) is 5.69 Å². The van der Waals surface area contributed by atoms with E-state index in [-0.39, 0.29) is 6.42 Å². The minimum absolute atomic E-state index is 0.169. The lowest BCUT2D eigenvalue weighted by molar-refractivity contribution is -0.139. The second-order valence-electron chi connectivity index (χ2n) is 3.98. The van der Waals surface area contributed by atoms with Gasteiger partial charge in [-0.3, -0.25) is 0 Å². The number of hydrogen-bond acceptors (Lipinski definition) is 2. The number of amides is 2. The maximum absolute atomic E-state index is 11.7. The summed E-state index contributed by atoms with van der Waals surface area (Å²) < 4.78 is 0.938. The number of aryl methyl sites for hydroxylation is 1. The molecule has 0 aliphatic carbocycles. The number of nitrogens with one attached hydrogen (secondary N) is 2. The predicted molar refractivity (Wildman–Crippen MR) is 77.3 cm³/mol. The zero-order chi connectivity index (χ0) is 14.4. The van der Waals surface area contributed by atoms with E-state index in [4.69, 9.17) is 5.11 Å². The third kappa shape index (κ3) is 4.75. The van der Waals surface area contributed by atoms with Crippen molar-refractivity contribution in [2.45, 2.75) is 19.4 Å². The molecule has 5 nitrogen and oxygen atoms in total. The number of aliphatic carboxylic acids is 1. The lowest BCUT2D eigenvalue weighted by Gasteiger charge is -2.13. The van der Waals surface area contributed by atoms with Crippen LogP contribution in [0.2, 0.25) is 0 Å². The molecule has 1 unspecified atom stereocenters. The topological polar surface area (TPSA) is 78.4 Å². The number of urea groups is 1. The number of rotatable bonds is 5. The summed E-state index contributed by atoms with van der Waals surface area (Å²) >= 11 is 3.36. The number of carbonyl (C=O) groups is 2. The van der Waals surface area contributed by atoms with Crippen molar-refractivity contribution >= 4 is 33.6 Å². The molecule has 0 saturated heterocycles. The van der Waals surface area contributed by atoms with E-state index in [1.165, 1.54) is 6.08 Å². The molecule has 0 heterocycles. The molecule has 6 heteroatoms. The number of carbonyl (C=O) groups excluding carboxylic acids is 1. The molecule has 1 rings (SSSR count). The van der Waals surface area contributed by atoms with E-state index in [1.807, 2.05) is 13.0 Å². The molecule has 3 N–H and O–H groups in total. The number of hydrogen-bond donors (Lipinski definition) is 3.